The zero-order valence-electron chi connectivity index (χ0n) is 53.9. The molecule has 0 atom stereocenters. The lowest BCUT2D eigenvalue weighted by Gasteiger charge is -2.25. The Balaban J connectivity index is 0.000000147. The van der Waals surface area contributed by atoms with Crippen molar-refractivity contribution in [2.75, 3.05) is 9.80 Å². The quantitative estimate of drug-likeness (QED) is 0.114. The van der Waals surface area contributed by atoms with E-state index in [1.165, 1.54) is 110 Å². The predicted octanol–water partition coefficient (Wildman–Crippen LogP) is 26.0. The van der Waals surface area contributed by atoms with Crippen LogP contribution in [0.1, 0.15) is 0 Å². The zero-order chi connectivity index (χ0) is 65.1. The Morgan fingerprint density at radius 2 is 0.449 bits per heavy atom. The van der Waals surface area contributed by atoms with Gasteiger partial charge in [0.2, 0.25) is 0 Å². The van der Waals surface area contributed by atoms with Crippen molar-refractivity contribution < 1.29 is 0 Å². The maximum atomic E-state index is 2.41. The summed E-state index contributed by atoms with van der Waals surface area (Å²) in [5.41, 5.74) is 25.9. The monoisotopic (exact) mass is 1250 g/mol. The van der Waals surface area contributed by atoms with E-state index in [1.807, 2.05) is 0 Å². The number of rotatable bonds is 13. The molecule has 0 aliphatic heterocycles. The van der Waals surface area contributed by atoms with Gasteiger partial charge in [-0.3, -0.25) is 0 Å². The van der Waals surface area contributed by atoms with Crippen LogP contribution in [0.15, 0.2) is 400 Å². The average molecular weight is 1250 g/mol. The van der Waals surface area contributed by atoms with E-state index >= 15 is 0 Å². The molecule has 0 N–H and O–H groups in total. The fourth-order valence-electron chi connectivity index (χ4n) is 14.2. The van der Waals surface area contributed by atoms with Crippen molar-refractivity contribution >= 4 is 88.5 Å². The van der Waals surface area contributed by atoms with E-state index in [2.05, 4.69) is 419 Å². The minimum atomic E-state index is 1.11. The highest BCUT2D eigenvalue weighted by Gasteiger charge is 2.21. The molecule has 18 aromatic rings. The van der Waals surface area contributed by atoms with Crippen LogP contribution in [0, 0.1) is 0 Å². The summed E-state index contributed by atoms with van der Waals surface area (Å²) < 4.78 is 4.82. The summed E-state index contributed by atoms with van der Waals surface area (Å²) >= 11 is 0. The van der Waals surface area contributed by atoms with Crippen LogP contribution in [0.3, 0.4) is 0 Å². The van der Waals surface area contributed by atoms with E-state index in [-0.39, 0.29) is 0 Å². The van der Waals surface area contributed by atoms with Gasteiger partial charge < -0.3 is 18.9 Å². The van der Waals surface area contributed by atoms with E-state index in [1.54, 1.807) is 0 Å². The minimum absolute atomic E-state index is 1.11. The highest BCUT2D eigenvalue weighted by molar-refractivity contribution is 6.13. The van der Waals surface area contributed by atoms with Crippen molar-refractivity contribution in [3.8, 4) is 67.0 Å². The Morgan fingerprint density at radius 1 is 0.163 bits per heavy atom. The molecule has 0 saturated heterocycles. The van der Waals surface area contributed by atoms with E-state index in [0.717, 1.165) is 45.5 Å². The number of nitrogens with zero attached hydrogens (tertiary/aromatic N) is 4. The summed E-state index contributed by atoms with van der Waals surface area (Å²) in [5, 5.41) is 7.48. The second-order valence-corrected chi connectivity index (χ2v) is 24.8. The lowest BCUT2D eigenvalue weighted by atomic mass is 9.96. The van der Waals surface area contributed by atoms with Crippen LogP contribution in [-0.4, -0.2) is 9.13 Å². The van der Waals surface area contributed by atoms with Crippen molar-refractivity contribution in [2.45, 2.75) is 0 Å². The molecule has 98 heavy (non-hydrogen) atoms. The van der Waals surface area contributed by atoms with Crippen LogP contribution in [0.25, 0.3) is 121 Å². The number of para-hydroxylation sites is 6. The van der Waals surface area contributed by atoms with Crippen molar-refractivity contribution in [3.63, 3.8) is 0 Å². The molecule has 0 radical (unpaired) electrons. The Labute approximate surface area is 571 Å². The first-order valence-electron chi connectivity index (χ1n) is 33.5. The van der Waals surface area contributed by atoms with Crippen LogP contribution in [0.4, 0.5) is 34.1 Å². The molecule has 0 bridgehead atoms. The molecule has 18 rings (SSSR count). The number of aromatic nitrogens is 2. The lowest BCUT2D eigenvalue weighted by Crippen LogP contribution is -2.09. The van der Waals surface area contributed by atoms with Gasteiger partial charge in [-0.25, -0.2) is 0 Å². The third-order valence-corrected chi connectivity index (χ3v) is 18.9. The molecule has 2 aromatic heterocycles. The molecule has 4 nitrogen and oxygen atoms in total. The van der Waals surface area contributed by atoms with Gasteiger partial charge in [0.25, 0.3) is 0 Å². The predicted molar refractivity (Wildman–Crippen MR) is 416 cm³/mol. The molecular weight excluding hydrogens is 1190 g/mol. The number of hydrogen-bond donors (Lipinski definition) is 0. The van der Waals surface area contributed by atoms with E-state index in [0.29, 0.717) is 0 Å². The summed E-state index contributed by atoms with van der Waals surface area (Å²) in [5.74, 6) is 0. The first kappa shape index (κ1) is 58.8. The zero-order valence-corrected chi connectivity index (χ0v) is 53.9. The largest absolute Gasteiger partial charge is 0.310 e. The lowest BCUT2D eigenvalue weighted by molar-refractivity contribution is 1.18. The molecule has 0 aliphatic rings. The Bertz CT molecular complexity index is 5730. The normalized spacial score (nSPS) is 11.3. The van der Waals surface area contributed by atoms with Crippen molar-refractivity contribution in [1.29, 1.82) is 0 Å². The Hall–Kier alpha value is -13.0. The summed E-state index contributed by atoms with van der Waals surface area (Å²) in [4.78, 5) is 4.66. The fourth-order valence-corrected chi connectivity index (χ4v) is 14.2. The first-order chi connectivity index (χ1) is 48.6. The standard InChI is InChI=1S/C48H34N2.C46H32N2/c1-5-14-35(15-6-1)38-16-13-17-39(32-38)36-24-26-37(27-25-36)40-28-30-45-46-31-29-44(34-48(46)50(47(45)33-40)43-22-11-4-12-23-43)49(41-18-7-2-8-19-41)42-20-9-3-10-21-42;1-4-15-37(16-5-1)47(38-17-6-2-7-18-38)40-28-30-44-43-29-27-36(31-45(43)48(46(44)32-40)39-19-8-3-9-20-39)33-23-25-35(26-24-33)42-22-12-14-34-13-10-11-21-41(34)42/h1-34H;1-32H. The van der Waals surface area contributed by atoms with Crippen molar-refractivity contribution in [3.05, 3.63) is 400 Å². The fraction of sp³-hybridized carbons (Fsp3) is 0. The van der Waals surface area contributed by atoms with Gasteiger partial charge >= 0.3 is 0 Å². The number of benzene rings is 16. The van der Waals surface area contributed by atoms with Gasteiger partial charge in [-0.05, 0) is 182 Å². The van der Waals surface area contributed by atoms with Crippen LogP contribution in [0.2, 0.25) is 0 Å². The average Bonchev–Trinajstić information content (AvgIpc) is 1.58. The molecule has 0 fully saturated rings. The molecule has 2 heterocycles. The number of fused-ring (bicyclic) bond motifs is 7. The highest BCUT2D eigenvalue weighted by atomic mass is 15.2. The van der Waals surface area contributed by atoms with Gasteiger partial charge in [0.15, 0.2) is 0 Å². The second kappa shape index (κ2) is 26.1. The third kappa shape index (κ3) is 11.3. The van der Waals surface area contributed by atoms with Crippen LogP contribution in [-0.2, 0) is 0 Å². The van der Waals surface area contributed by atoms with Crippen LogP contribution >= 0.6 is 0 Å². The van der Waals surface area contributed by atoms with Gasteiger partial charge in [-0.2, -0.15) is 0 Å². The number of hydrogen-bond acceptors (Lipinski definition) is 2. The molecule has 0 unspecified atom stereocenters. The maximum Gasteiger partial charge on any atom is 0.0561 e. The molecule has 16 aromatic carbocycles. The Kier molecular flexibility index (Phi) is 15.6. The van der Waals surface area contributed by atoms with Gasteiger partial charge in [-0.1, -0.05) is 285 Å². The molecule has 0 spiro atoms. The minimum Gasteiger partial charge on any atom is -0.310 e. The molecular formula is C94H66N4. The summed E-state index contributed by atoms with van der Waals surface area (Å²) in [6.07, 6.45) is 0. The molecule has 0 aliphatic carbocycles. The topological polar surface area (TPSA) is 16.3 Å². The summed E-state index contributed by atoms with van der Waals surface area (Å²) in [6.45, 7) is 0. The maximum absolute atomic E-state index is 2.41. The molecule has 0 amide bonds. The van der Waals surface area contributed by atoms with Crippen molar-refractivity contribution in [2.24, 2.45) is 0 Å². The van der Waals surface area contributed by atoms with Gasteiger partial charge in [-0.15, -0.1) is 0 Å². The summed E-state index contributed by atoms with van der Waals surface area (Å²) in [6, 6.07) is 144. The second-order valence-electron chi connectivity index (χ2n) is 24.8. The van der Waals surface area contributed by atoms with Gasteiger partial charge in [0, 0.05) is 67.0 Å². The molecule has 0 saturated carbocycles. The highest BCUT2D eigenvalue weighted by Crippen LogP contribution is 2.44. The van der Waals surface area contributed by atoms with Crippen LogP contribution in [0.5, 0.6) is 0 Å². The van der Waals surface area contributed by atoms with E-state index in [9.17, 15) is 0 Å². The smallest absolute Gasteiger partial charge is 0.0561 e. The van der Waals surface area contributed by atoms with E-state index in [4.69, 9.17) is 0 Å². The molecule has 462 valence electrons. The first-order valence-corrected chi connectivity index (χ1v) is 33.5. The van der Waals surface area contributed by atoms with E-state index < -0.39 is 0 Å². The summed E-state index contributed by atoms with van der Waals surface area (Å²) in [7, 11) is 0. The SMILES string of the molecule is c1ccc(-c2cccc(-c3ccc(-c4ccc5c6ccc(N(c7ccccc7)c7ccccc7)cc6n(-c6ccccc6)c5c4)cc3)c2)cc1.c1ccc(N(c2ccccc2)c2ccc3c4ccc(-c5ccc(-c6cccc7ccccc67)cc5)cc4n(-c4ccccc4)c3c2)cc1. The Morgan fingerprint density at radius 3 is 0.867 bits per heavy atom. The number of anilines is 6. The third-order valence-electron chi connectivity index (χ3n) is 18.9. The van der Waals surface area contributed by atoms with Gasteiger partial charge in [0.1, 0.15) is 0 Å². The van der Waals surface area contributed by atoms with Crippen molar-refractivity contribution in [1.82, 2.24) is 9.13 Å². The van der Waals surface area contributed by atoms with Crippen LogP contribution < -0.4 is 9.80 Å². The molecule has 4 heteroatoms. The van der Waals surface area contributed by atoms with Gasteiger partial charge in [0.05, 0.1) is 22.1 Å².